The van der Waals surface area contributed by atoms with Crippen LogP contribution in [0, 0.1) is 0 Å². The van der Waals surface area contributed by atoms with Gasteiger partial charge in [-0.05, 0) is 30.9 Å². The molecule has 5 heteroatoms. The largest absolute Gasteiger partial charge is 0.465 e. The summed E-state index contributed by atoms with van der Waals surface area (Å²) in [5, 5.41) is 0. The van der Waals surface area contributed by atoms with Crippen LogP contribution >= 0.6 is 0 Å². The standard InChI is InChI=1S/C18H21NO4/c1-2-23-17(22)12-19-10-8-13-5-3-4-6-15(13)18(19)9-7-14(20)11-16(18)21/h3-6H,2,7-12H2,1H3. The topological polar surface area (TPSA) is 63.7 Å². The monoisotopic (exact) mass is 315 g/mol. The first-order valence-electron chi connectivity index (χ1n) is 8.12. The van der Waals surface area contributed by atoms with Crippen molar-refractivity contribution in [1.82, 2.24) is 4.90 Å². The lowest BCUT2D eigenvalue weighted by molar-refractivity contribution is -0.151. The van der Waals surface area contributed by atoms with Crippen LogP contribution in [0.25, 0.3) is 0 Å². The van der Waals surface area contributed by atoms with Crippen LogP contribution in [0.1, 0.15) is 37.3 Å². The van der Waals surface area contributed by atoms with Crippen LogP contribution in [0.5, 0.6) is 0 Å². The van der Waals surface area contributed by atoms with E-state index in [1.807, 2.05) is 29.2 Å². The summed E-state index contributed by atoms with van der Waals surface area (Å²) in [6, 6.07) is 7.87. The molecule has 1 atom stereocenters. The third-order valence-electron chi connectivity index (χ3n) is 4.86. The molecular formula is C18H21NO4. The smallest absolute Gasteiger partial charge is 0.320 e. The van der Waals surface area contributed by atoms with Gasteiger partial charge in [0.05, 0.1) is 19.6 Å². The molecule has 122 valence electrons. The Morgan fingerprint density at radius 1 is 1.26 bits per heavy atom. The van der Waals surface area contributed by atoms with Crippen molar-refractivity contribution in [2.45, 2.75) is 38.1 Å². The van der Waals surface area contributed by atoms with Crippen molar-refractivity contribution in [3.8, 4) is 0 Å². The number of benzene rings is 1. The predicted molar refractivity (Wildman–Crippen MR) is 83.9 cm³/mol. The van der Waals surface area contributed by atoms with Crippen molar-refractivity contribution in [2.75, 3.05) is 19.7 Å². The average molecular weight is 315 g/mol. The normalized spacial score (nSPS) is 24.6. The van der Waals surface area contributed by atoms with Gasteiger partial charge in [0, 0.05) is 13.0 Å². The van der Waals surface area contributed by atoms with Gasteiger partial charge in [-0.25, -0.2) is 0 Å². The van der Waals surface area contributed by atoms with E-state index in [9.17, 15) is 14.4 Å². The number of fused-ring (bicyclic) bond motifs is 2. The molecular weight excluding hydrogens is 294 g/mol. The second-order valence-corrected chi connectivity index (χ2v) is 6.13. The number of esters is 1. The summed E-state index contributed by atoms with van der Waals surface area (Å²) in [5.74, 6) is -0.430. The lowest BCUT2D eigenvalue weighted by Crippen LogP contribution is -2.59. The highest BCUT2D eigenvalue weighted by atomic mass is 16.5. The maximum atomic E-state index is 12.9. The Bertz CT molecular complexity index is 654. The Hall–Kier alpha value is -2.01. The third kappa shape index (κ3) is 2.70. The second kappa shape index (κ2) is 6.24. The molecule has 0 saturated heterocycles. The number of hydrogen-bond acceptors (Lipinski definition) is 5. The van der Waals surface area contributed by atoms with E-state index in [0.717, 1.165) is 17.5 Å². The zero-order chi connectivity index (χ0) is 16.4. The van der Waals surface area contributed by atoms with E-state index < -0.39 is 5.54 Å². The van der Waals surface area contributed by atoms with Gasteiger partial charge in [0.25, 0.3) is 0 Å². The molecule has 5 nitrogen and oxygen atoms in total. The summed E-state index contributed by atoms with van der Waals surface area (Å²) in [4.78, 5) is 38.5. The molecule has 1 aliphatic carbocycles. The predicted octanol–water partition coefficient (Wildman–Crippen LogP) is 1.63. The molecule has 23 heavy (non-hydrogen) atoms. The average Bonchev–Trinajstić information content (AvgIpc) is 2.53. The van der Waals surface area contributed by atoms with Crippen LogP contribution in [-0.4, -0.2) is 42.1 Å². The number of nitrogens with zero attached hydrogens (tertiary/aromatic N) is 1. The minimum Gasteiger partial charge on any atom is -0.465 e. The Labute approximate surface area is 135 Å². The van der Waals surface area contributed by atoms with E-state index in [0.29, 0.717) is 26.0 Å². The Balaban J connectivity index is 2.02. The third-order valence-corrected chi connectivity index (χ3v) is 4.86. The molecule has 2 aliphatic rings. The maximum absolute atomic E-state index is 12.9. The number of rotatable bonds is 3. The van der Waals surface area contributed by atoms with Gasteiger partial charge in [0.15, 0.2) is 5.78 Å². The van der Waals surface area contributed by atoms with Crippen LogP contribution in [0.3, 0.4) is 0 Å². The minimum absolute atomic E-state index is 0.0141. The molecule has 0 bridgehead atoms. The fourth-order valence-corrected chi connectivity index (χ4v) is 3.83. The van der Waals surface area contributed by atoms with Crippen LogP contribution in [0.4, 0.5) is 0 Å². The minimum atomic E-state index is -0.852. The summed E-state index contributed by atoms with van der Waals surface area (Å²) in [6.45, 7) is 2.80. The van der Waals surface area contributed by atoms with E-state index in [2.05, 4.69) is 0 Å². The van der Waals surface area contributed by atoms with Gasteiger partial charge in [-0.2, -0.15) is 0 Å². The molecule has 1 fully saturated rings. The molecule has 1 aromatic carbocycles. The second-order valence-electron chi connectivity index (χ2n) is 6.13. The zero-order valence-corrected chi connectivity index (χ0v) is 13.3. The van der Waals surface area contributed by atoms with Crippen molar-refractivity contribution in [1.29, 1.82) is 0 Å². The highest BCUT2D eigenvalue weighted by Gasteiger charge is 2.51. The molecule has 0 N–H and O–H groups in total. The highest BCUT2D eigenvalue weighted by Crippen LogP contribution is 2.43. The number of hydrogen-bond donors (Lipinski definition) is 0. The lowest BCUT2D eigenvalue weighted by Gasteiger charge is -2.48. The van der Waals surface area contributed by atoms with Crippen molar-refractivity contribution in [3.05, 3.63) is 35.4 Å². The first-order chi connectivity index (χ1) is 11.1. The van der Waals surface area contributed by atoms with E-state index in [-0.39, 0.29) is 30.5 Å². The quantitative estimate of drug-likeness (QED) is 0.626. The van der Waals surface area contributed by atoms with E-state index >= 15 is 0 Å². The molecule has 0 amide bonds. The van der Waals surface area contributed by atoms with Gasteiger partial charge in [-0.3, -0.25) is 19.3 Å². The molecule has 0 aromatic heterocycles. The van der Waals surface area contributed by atoms with Gasteiger partial charge in [0.1, 0.15) is 11.3 Å². The summed E-state index contributed by atoms with van der Waals surface area (Å²) in [5.41, 5.74) is 1.23. The number of Topliss-reactive ketones (excluding diaryl/α,β-unsaturated/α-hetero) is 2. The van der Waals surface area contributed by atoms with Crippen LogP contribution in [0.2, 0.25) is 0 Å². The zero-order valence-electron chi connectivity index (χ0n) is 13.3. The van der Waals surface area contributed by atoms with Crippen LogP contribution < -0.4 is 0 Å². The molecule has 1 heterocycles. The number of ether oxygens (including phenoxy) is 1. The Morgan fingerprint density at radius 2 is 2.04 bits per heavy atom. The summed E-state index contributed by atoms with van der Waals surface area (Å²) < 4.78 is 5.06. The summed E-state index contributed by atoms with van der Waals surface area (Å²) in [7, 11) is 0. The Morgan fingerprint density at radius 3 is 2.78 bits per heavy atom. The first-order valence-corrected chi connectivity index (χ1v) is 8.12. The lowest BCUT2D eigenvalue weighted by atomic mass is 9.70. The van der Waals surface area contributed by atoms with Crippen LogP contribution in [0.15, 0.2) is 24.3 Å². The first kappa shape index (κ1) is 15.9. The van der Waals surface area contributed by atoms with E-state index in [1.54, 1.807) is 6.92 Å². The number of carbonyl (C=O) groups is 3. The Kier molecular flexibility index (Phi) is 4.31. The molecule has 0 radical (unpaired) electrons. The molecule has 1 aliphatic heterocycles. The summed E-state index contributed by atoms with van der Waals surface area (Å²) in [6.07, 6.45) is 1.56. The van der Waals surface area contributed by atoms with Crippen LogP contribution in [-0.2, 0) is 31.1 Å². The number of carbonyl (C=O) groups excluding carboxylic acids is 3. The number of ketones is 2. The van der Waals surface area contributed by atoms with Crippen molar-refractivity contribution in [3.63, 3.8) is 0 Å². The molecule has 1 spiro atoms. The van der Waals surface area contributed by atoms with E-state index in [4.69, 9.17) is 4.74 Å². The van der Waals surface area contributed by atoms with Crippen molar-refractivity contribution >= 4 is 17.5 Å². The fourth-order valence-electron chi connectivity index (χ4n) is 3.83. The molecule has 1 aromatic rings. The summed E-state index contributed by atoms with van der Waals surface area (Å²) >= 11 is 0. The SMILES string of the molecule is CCOC(=O)CN1CCc2ccccc2C12CCC(=O)CC2=O. The van der Waals surface area contributed by atoms with Gasteiger partial charge in [-0.1, -0.05) is 24.3 Å². The van der Waals surface area contributed by atoms with E-state index in [1.165, 1.54) is 0 Å². The van der Waals surface area contributed by atoms with Gasteiger partial charge in [0.2, 0.25) is 0 Å². The van der Waals surface area contributed by atoms with Gasteiger partial charge >= 0.3 is 5.97 Å². The van der Waals surface area contributed by atoms with Crippen molar-refractivity contribution in [2.24, 2.45) is 0 Å². The maximum Gasteiger partial charge on any atom is 0.320 e. The molecule has 1 saturated carbocycles. The fraction of sp³-hybridized carbons (Fsp3) is 0.500. The van der Waals surface area contributed by atoms with Gasteiger partial charge in [-0.15, -0.1) is 0 Å². The molecule has 1 unspecified atom stereocenters. The van der Waals surface area contributed by atoms with Crippen molar-refractivity contribution < 1.29 is 19.1 Å². The molecule has 3 rings (SSSR count). The highest BCUT2D eigenvalue weighted by molar-refractivity contribution is 6.07. The van der Waals surface area contributed by atoms with Gasteiger partial charge < -0.3 is 4.74 Å².